The van der Waals surface area contributed by atoms with E-state index >= 15 is 0 Å². The van der Waals surface area contributed by atoms with E-state index in [-0.39, 0.29) is 23.3 Å². The van der Waals surface area contributed by atoms with Gasteiger partial charge in [-0.15, -0.1) is 0 Å². The summed E-state index contributed by atoms with van der Waals surface area (Å²) >= 11 is 11.8. The van der Waals surface area contributed by atoms with Gasteiger partial charge in [0.1, 0.15) is 11.2 Å². The monoisotopic (exact) mass is 940 g/mol. The van der Waals surface area contributed by atoms with Crippen LogP contribution in [0.4, 0.5) is 21.0 Å². The summed E-state index contributed by atoms with van der Waals surface area (Å²) in [5, 5.41) is 4.80. The third kappa shape index (κ3) is 22.2. The van der Waals surface area contributed by atoms with Crippen LogP contribution >= 0.6 is 43.5 Å². The summed E-state index contributed by atoms with van der Waals surface area (Å²) in [6.45, 7) is 14.2. The Bertz CT molecular complexity index is 1520. The van der Waals surface area contributed by atoms with E-state index in [2.05, 4.69) is 55.4 Å². The Morgan fingerprint density at radius 1 is 0.684 bits per heavy atom. The SMILES string of the molecule is CC(C)(C)OC(=O)N1CCC(c2cccc(N)c2)CC1.CC(C)(C)OC(=O)N1CCC(c2cccc(NC(=O)CCCCCBr)c2)CC1.O=C(Cl)CCCCCBr. The first-order chi connectivity index (χ1) is 26.9. The summed E-state index contributed by atoms with van der Waals surface area (Å²) in [7, 11) is 0. The predicted molar refractivity (Wildman–Crippen MR) is 241 cm³/mol. The number of piperidine rings is 2. The molecule has 3 N–H and O–H groups in total. The number of anilines is 2. The summed E-state index contributed by atoms with van der Waals surface area (Å²) in [6.07, 6.45) is 10.6. The average Bonchev–Trinajstić information content (AvgIpc) is 3.14. The molecule has 320 valence electrons. The molecule has 2 saturated heterocycles. The fraction of sp³-hybridized carbons (Fsp3) is 0.636. The molecule has 2 fully saturated rings. The minimum Gasteiger partial charge on any atom is -0.444 e. The highest BCUT2D eigenvalue weighted by atomic mass is 79.9. The van der Waals surface area contributed by atoms with E-state index in [0.717, 1.165) is 99.3 Å². The Morgan fingerprint density at radius 2 is 1.12 bits per heavy atom. The van der Waals surface area contributed by atoms with Crippen molar-refractivity contribution in [3.63, 3.8) is 0 Å². The zero-order chi connectivity index (χ0) is 42.4. The van der Waals surface area contributed by atoms with Crippen LogP contribution in [0.2, 0.25) is 0 Å². The molecule has 57 heavy (non-hydrogen) atoms. The lowest BCUT2D eigenvalue weighted by molar-refractivity contribution is -0.116. The van der Waals surface area contributed by atoms with Crippen molar-refractivity contribution in [3.05, 3.63) is 59.7 Å². The lowest BCUT2D eigenvalue weighted by Crippen LogP contribution is -2.41. The number of nitrogens with one attached hydrogen (secondary N) is 1. The molecule has 3 amide bonds. The first-order valence-electron chi connectivity index (χ1n) is 20.4. The average molecular weight is 943 g/mol. The molecule has 2 aliphatic heterocycles. The van der Waals surface area contributed by atoms with E-state index in [9.17, 15) is 19.2 Å². The van der Waals surface area contributed by atoms with Crippen LogP contribution in [0.25, 0.3) is 0 Å². The van der Waals surface area contributed by atoms with Crippen molar-refractivity contribution in [2.75, 3.05) is 47.9 Å². The van der Waals surface area contributed by atoms with E-state index in [1.165, 1.54) is 11.1 Å². The van der Waals surface area contributed by atoms with Gasteiger partial charge in [0.2, 0.25) is 11.1 Å². The van der Waals surface area contributed by atoms with E-state index in [0.29, 0.717) is 37.8 Å². The van der Waals surface area contributed by atoms with Crippen LogP contribution in [0.3, 0.4) is 0 Å². The van der Waals surface area contributed by atoms with E-state index in [1.807, 2.05) is 71.9 Å². The molecule has 0 atom stereocenters. The minimum absolute atomic E-state index is 0.0754. The van der Waals surface area contributed by atoms with Gasteiger partial charge in [0.05, 0.1) is 0 Å². The fourth-order valence-corrected chi connectivity index (χ4v) is 7.37. The lowest BCUT2D eigenvalue weighted by atomic mass is 9.89. The second kappa shape index (κ2) is 26.3. The molecule has 2 aromatic carbocycles. The molecular formula is C44H67Br2ClN4O6. The standard InChI is InChI=1S/C22H33BrN2O3.C16H24N2O2.C6H10BrClO/c1-22(2,3)28-21(27)25-14-11-17(12-15-25)18-8-7-9-19(16-18)24-20(26)10-5-4-6-13-23;1-16(2,3)20-15(19)18-9-7-12(8-10-18)13-5-4-6-14(17)11-13;7-5-3-1-2-4-6(8)9/h7-9,16-17H,4-6,10-15H2,1-3H3,(H,24,26);4-6,11-12H,7-10,17H2,1-3H3;1-5H2. The zero-order valence-electron chi connectivity index (χ0n) is 35.1. The van der Waals surface area contributed by atoms with Gasteiger partial charge in [-0.2, -0.15) is 0 Å². The highest BCUT2D eigenvalue weighted by molar-refractivity contribution is 9.09. The summed E-state index contributed by atoms with van der Waals surface area (Å²) in [4.78, 5) is 50.1. The summed E-state index contributed by atoms with van der Waals surface area (Å²) < 4.78 is 10.9. The normalized spacial score (nSPS) is 15.0. The summed E-state index contributed by atoms with van der Waals surface area (Å²) in [6, 6.07) is 16.2. The maximum absolute atomic E-state index is 12.2. The van der Waals surface area contributed by atoms with Crippen molar-refractivity contribution in [3.8, 4) is 0 Å². The Morgan fingerprint density at radius 3 is 1.54 bits per heavy atom. The number of alkyl halides is 2. The largest absolute Gasteiger partial charge is 0.444 e. The third-order valence-electron chi connectivity index (χ3n) is 9.36. The fourth-order valence-electron chi connectivity index (χ4n) is 6.44. The van der Waals surface area contributed by atoms with Gasteiger partial charge in [-0.3, -0.25) is 9.59 Å². The van der Waals surface area contributed by atoms with Crippen molar-refractivity contribution in [1.29, 1.82) is 0 Å². The van der Waals surface area contributed by atoms with Gasteiger partial charge < -0.3 is 30.3 Å². The van der Waals surface area contributed by atoms with Crippen molar-refractivity contribution >= 4 is 78.2 Å². The van der Waals surface area contributed by atoms with Crippen LogP contribution < -0.4 is 11.1 Å². The summed E-state index contributed by atoms with van der Waals surface area (Å²) in [5.41, 5.74) is 9.09. The number of rotatable bonds is 13. The van der Waals surface area contributed by atoms with Crippen molar-refractivity contribution in [1.82, 2.24) is 9.80 Å². The minimum atomic E-state index is -0.464. The first-order valence-corrected chi connectivity index (χ1v) is 23.0. The number of carbonyl (C=O) groups excluding carboxylic acids is 4. The number of amides is 3. The number of nitrogens with two attached hydrogens (primary N) is 1. The predicted octanol–water partition coefficient (Wildman–Crippen LogP) is 11.8. The number of likely N-dealkylation sites (tertiary alicyclic amines) is 2. The molecule has 0 aliphatic carbocycles. The van der Waals surface area contributed by atoms with Gasteiger partial charge in [-0.1, -0.05) is 69.0 Å². The number of ether oxygens (including phenoxy) is 2. The van der Waals surface area contributed by atoms with E-state index < -0.39 is 11.2 Å². The number of nitrogens with zero attached hydrogens (tertiary/aromatic N) is 2. The van der Waals surface area contributed by atoms with Crippen molar-refractivity contribution in [2.45, 2.75) is 142 Å². The Kier molecular flexibility index (Phi) is 23.2. The molecule has 0 spiro atoms. The van der Waals surface area contributed by atoms with Crippen LogP contribution in [0.5, 0.6) is 0 Å². The maximum atomic E-state index is 12.2. The number of nitrogen functional groups attached to an aromatic ring is 1. The van der Waals surface area contributed by atoms with Crippen LogP contribution in [0.15, 0.2) is 48.5 Å². The Hall–Kier alpha value is -2.83. The number of halogens is 3. The van der Waals surface area contributed by atoms with Crippen molar-refractivity contribution in [2.24, 2.45) is 0 Å². The molecule has 0 unspecified atom stereocenters. The topological polar surface area (TPSA) is 131 Å². The lowest BCUT2D eigenvalue weighted by Gasteiger charge is -2.33. The number of carbonyl (C=O) groups is 4. The highest BCUT2D eigenvalue weighted by Gasteiger charge is 2.29. The van der Waals surface area contributed by atoms with Crippen LogP contribution in [-0.4, -0.2) is 81.2 Å². The van der Waals surface area contributed by atoms with E-state index in [1.54, 1.807) is 9.80 Å². The summed E-state index contributed by atoms with van der Waals surface area (Å²) in [5.74, 6) is 0.957. The van der Waals surface area contributed by atoms with Gasteiger partial charge in [0.25, 0.3) is 0 Å². The number of hydrogen-bond acceptors (Lipinski definition) is 7. The van der Waals surface area contributed by atoms with Gasteiger partial charge >= 0.3 is 12.2 Å². The van der Waals surface area contributed by atoms with Crippen LogP contribution in [0, 0.1) is 0 Å². The molecular weight excluding hydrogens is 876 g/mol. The van der Waals surface area contributed by atoms with Crippen LogP contribution in [0.1, 0.15) is 142 Å². The second-order valence-corrected chi connectivity index (χ2v) is 18.7. The Labute approximate surface area is 363 Å². The Balaban J connectivity index is 0.000000335. The smallest absolute Gasteiger partial charge is 0.410 e. The number of benzene rings is 2. The molecule has 2 aliphatic rings. The third-order valence-corrected chi connectivity index (χ3v) is 10.7. The van der Waals surface area contributed by atoms with Gasteiger partial charge in [-0.05, 0) is 152 Å². The molecule has 0 radical (unpaired) electrons. The molecule has 0 bridgehead atoms. The number of unbranched alkanes of at least 4 members (excludes halogenated alkanes) is 4. The number of hydrogen-bond donors (Lipinski definition) is 2. The molecule has 13 heteroatoms. The zero-order valence-corrected chi connectivity index (χ0v) is 39.0. The molecule has 4 rings (SSSR count). The molecule has 0 saturated carbocycles. The first kappa shape index (κ1) is 50.3. The molecule has 10 nitrogen and oxygen atoms in total. The van der Waals surface area contributed by atoms with Gasteiger partial charge in [0.15, 0.2) is 0 Å². The van der Waals surface area contributed by atoms with Crippen LogP contribution in [-0.2, 0) is 19.1 Å². The molecule has 2 aromatic rings. The molecule has 2 heterocycles. The second-order valence-electron chi connectivity index (χ2n) is 16.7. The maximum Gasteiger partial charge on any atom is 0.410 e. The van der Waals surface area contributed by atoms with Gasteiger partial charge in [-0.25, -0.2) is 9.59 Å². The van der Waals surface area contributed by atoms with Crippen molar-refractivity contribution < 1.29 is 28.7 Å². The quantitative estimate of drug-likeness (QED) is 0.0885. The highest BCUT2D eigenvalue weighted by Crippen LogP contribution is 2.31. The van der Waals surface area contributed by atoms with Gasteiger partial charge in [0, 0.05) is 61.1 Å². The van der Waals surface area contributed by atoms with E-state index in [4.69, 9.17) is 26.8 Å². The molecule has 0 aromatic heterocycles.